The minimum Gasteiger partial charge on any atom is -0.379 e. The van der Waals surface area contributed by atoms with E-state index >= 15 is 0 Å². The van der Waals surface area contributed by atoms with E-state index in [1.165, 1.54) is 141 Å². The summed E-state index contributed by atoms with van der Waals surface area (Å²) in [7, 11) is 0. The van der Waals surface area contributed by atoms with Crippen LogP contribution >= 0.6 is 12.4 Å². The second-order valence-corrected chi connectivity index (χ2v) is 13.7. The van der Waals surface area contributed by atoms with E-state index in [4.69, 9.17) is 15.2 Å². The molecule has 0 radical (unpaired) electrons. The summed E-state index contributed by atoms with van der Waals surface area (Å²) in [5, 5.41) is 3.18. The Kier molecular flexibility index (Phi) is 33.7. The van der Waals surface area contributed by atoms with Gasteiger partial charge in [-0.05, 0) is 38.5 Å². The van der Waals surface area contributed by atoms with Crippen LogP contribution in [0, 0.1) is 5.92 Å². The minimum absolute atomic E-state index is 0. The highest BCUT2D eigenvalue weighted by Crippen LogP contribution is 2.23. The van der Waals surface area contributed by atoms with E-state index in [0.717, 1.165) is 51.7 Å². The predicted molar refractivity (Wildman–Crippen MR) is 193 cm³/mol. The molecule has 0 spiro atoms. The Bertz CT molecular complexity index is 586. The number of halogens is 1. The third-order valence-corrected chi connectivity index (χ3v) is 9.44. The first kappa shape index (κ1) is 43.6. The van der Waals surface area contributed by atoms with Crippen molar-refractivity contribution < 1.29 is 14.3 Å². The molecule has 5 nitrogen and oxygen atoms in total. The van der Waals surface area contributed by atoms with Crippen LogP contribution < -0.4 is 11.1 Å². The van der Waals surface area contributed by atoms with Crippen LogP contribution in [-0.2, 0) is 14.3 Å². The molecular formula is C38H77ClN2O3. The maximum atomic E-state index is 12.8. The fraction of sp³-hybridized carbons (Fsp3) is 0.974. The molecule has 264 valence electrons. The lowest BCUT2D eigenvalue weighted by molar-refractivity contribution is -0.127. The van der Waals surface area contributed by atoms with E-state index in [2.05, 4.69) is 19.2 Å². The summed E-state index contributed by atoms with van der Waals surface area (Å²) < 4.78 is 12.3. The molecule has 1 saturated carbocycles. The van der Waals surface area contributed by atoms with Crippen LogP contribution in [0.4, 0.5) is 0 Å². The number of carbonyl (C=O) groups is 1. The first-order chi connectivity index (χ1) is 21.2. The van der Waals surface area contributed by atoms with Crippen LogP contribution in [0.15, 0.2) is 0 Å². The van der Waals surface area contributed by atoms with Crippen LogP contribution in [0.5, 0.6) is 0 Å². The summed E-state index contributed by atoms with van der Waals surface area (Å²) in [4.78, 5) is 12.8. The number of carbonyl (C=O) groups excluding carboxylic acids is 1. The molecule has 0 aromatic rings. The van der Waals surface area contributed by atoms with E-state index < -0.39 is 0 Å². The molecule has 1 rings (SSSR count). The van der Waals surface area contributed by atoms with Crippen molar-refractivity contribution in [1.82, 2.24) is 5.32 Å². The average Bonchev–Trinajstić information content (AvgIpc) is 3.02. The summed E-state index contributed by atoms with van der Waals surface area (Å²) in [6.45, 7) is 7.26. The van der Waals surface area contributed by atoms with Gasteiger partial charge in [0.2, 0.25) is 5.91 Å². The van der Waals surface area contributed by atoms with Gasteiger partial charge >= 0.3 is 0 Å². The highest BCUT2D eigenvalue weighted by atomic mass is 35.5. The lowest BCUT2D eigenvalue weighted by atomic mass is 9.86. The van der Waals surface area contributed by atoms with E-state index in [-0.39, 0.29) is 36.4 Å². The summed E-state index contributed by atoms with van der Waals surface area (Å²) in [5.74, 6) is 0.283. The monoisotopic (exact) mass is 645 g/mol. The highest BCUT2D eigenvalue weighted by molar-refractivity contribution is 5.85. The topological polar surface area (TPSA) is 73.6 Å². The second kappa shape index (κ2) is 34.0. The normalized spacial score (nSPS) is 17.3. The fourth-order valence-corrected chi connectivity index (χ4v) is 6.36. The quantitative estimate of drug-likeness (QED) is 0.0714. The molecule has 0 saturated heterocycles. The molecule has 0 aromatic carbocycles. The number of unbranched alkanes of at least 4 members (excludes halogenated alkanes) is 22. The van der Waals surface area contributed by atoms with Crippen LogP contribution in [0.2, 0.25) is 0 Å². The Morgan fingerprint density at radius 2 is 1.00 bits per heavy atom. The van der Waals surface area contributed by atoms with Gasteiger partial charge in [0.25, 0.3) is 0 Å². The van der Waals surface area contributed by atoms with Crippen molar-refractivity contribution in [2.24, 2.45) is 11.7 Å². The molecule has 0 aliphatic heterocycles. The van der Waals surface area contributed by atoms with Crippen molar-refractivity contribution in [3.8, 4) is 0 Å². The zero-order valence-corrected chi connectivity index (χ0v) is 30.4. The molecule has 1 aliphatic carbocycles. The third kappa shape index (κ3) is 27.9. The van der Waals surface area contributed by atoms with Gasteiger partial charge in [0.05, 0.1) is 12.7 Å². The van der Waals surface area contributed by atoms with Crippen molar-refractivity contribution in [3.63, 3.8) is 0 Å². The van der Waals surface area contributed by atoms with Crippen molar-refractivity contribution in [2.45, 2.75) is 206 Å². The molecule has 3 N–H and O–H groups in total. The third-order valence-electron chi connectivity index (χ3n) is 9.44. The fourth-order valence-electron chi connectivity index (χ4n) is 6.36. The van der Waals surface area contributed by atoms with Gasteiger partial charge in [0, 0.05) is 31.7 Å². The van der Waals surface area contributed by atoms with Crippen molar-refractivity contribution in [2.75, 3.05) is 26.4 Å². The van der Waals surface area contributed by atoms with Gasteiger partial charge < -0.3 is 20.5 Å². The van der Waals surface area contributed by atoms with Crippen LogP contribution in [0.25, 0.3) is 0 Å². The lowest BCUT2D eigenvalue weighted by Gasteiger charge is -2.26. The number of rotatable bonds is 32. The molecule has 0 bridgehead atoms. The number of nitrogens with two attached hydrogens (primary N) is 1. The SMILES string of the molecule is CCCCCCCCCCCCCCOCC(CNC(=O)C1CCC(N)CC1)OCCCCCCCCCCCCCC.Cl. The molecule has 0 aromatic heterocycles. The van der Waals surface area contributed by atoms with E-state index in [0.29, 0.717) is 13.2 Å². The molecule has 44 heavy (non-hydrogen) atoms. The Balaban J connectivity index is 0.0000185. The zero-order valence-electron chi connectivity index (χ0n) is 29.6. The van der Waals surface area contributed by atoms with Crippen LogP contribution in [0.1, 0.15) is 194 Å². The maximum absolute atomic E-state index is 12.8. The van der Waals surface area contributed by atoms with Gasteiger partial charge in [0.1, 0.15) is 0 Å². The van der Waals surface area contributed by atoms with Gasteiger partial charge in [-0.3, -0.25) is 4.79 Å². The van der Waals surface area contributed by atoms with E-state index in [1.807, 2.05) is 0 Å². The van der Waals surface area contributed by atoms with Crippen molar-refractivity contribution in [3.05, 3.63) is 0 Å². The number of ether oxygens (including phenoxy) is 2. The van der Waals surface area contributed by atoms with E-state index in [1.54, 1.807) is 0 Å². The standard InChI is InChI=1S/C38H76N2O3.ClH/c1-3-5-7-9-11-13-15-17-19-21-23-25-31-42-34-37(33-40-38(41)35-27-29-36(39)30-28-35)43-32-26-24-22-20-18-16-14-12-10-8-6-4-2;/h35-37H,3-34,39H2,1-2H3,(H,40,41);1H. The zero-order chi connectivity index (χ0) is 31.1. The largest absolute Gasteiger partial charge is 0.379 e. The number of hydrogen-bond donors (Lipinski definition) is 2. The Morgan fingerprint density at radius 3 is 1.43 bits per heavy atom. The molecular weight excluding hydrogens is 568 g/mol. The minimum atomic E-state index is -0.0557. The molecule has 1 atom stereocenters. The summed E-state index contributed by atoms with van der Waals surface area (Å²) >= 11 is 0. The summed E-state index contributed by atoms with van der Waals surface area (Å²) in [5.41, 5.74) is 6.04. The number of hydrogen-bond acceptors (Lipinski definition) is 4. The van der Waals surface area contributed by atoms with Crippen molar-refractivity contribution >= 4 is 18.3 Å². The Labute approximate surface area is 281 Å². The molecule has 0 heterocycles. The number of amides is 1. The van der Waals surface area contributed by atoms with Crippen molar-refractivity contribution in [1.29, 1.82) is 0 Å². The average molecular weight is 645 g/mol. The van der Waals surface area contributed by atoms with Gasteiger partial charge in [0.15, 0.2) is 0 Å². The van der Waals surface area contributed by atoms with Crippen LogP contribution in [-0.4, -0.2) is 44.4 Å². The van der Waals surface area contributed by atoms with Gasteiger partial charge in [-0.25, -0.2) is 0 Å². The number of nitrogens with one attached hydrogen (secondary N) is 1. The van der Waals surface area contributed by atoms with E-state index in [9.17, 15) is 4.79 Å². The van der Waals surface area contributed by atoms with Crippen LogP contribution in [0.3, 0.4) is 0 Å². The Morgan fingerprint density at radius 1 is 0.614 bits per heavy atom. The highest BCUT2D eigenvalue weighted by Gasteiger charge is 2.25. The first-order valence-electron chi connectivity index (χ1n) is 19.4. The molecule has 1 amide bonds. The Hall–Kier alpha value is -0.360. The second-order valence-electron chi connectivity index (χ2n) is 13.7. The molecule has 1 unspecified atom stereocenters. The van der Waals surface area contributed by atoms with Gasteiger partial charge in [-0.1, -0.05) is 155 Å². The van der Waals surface area contributed by atoms with Gasteiger partial charge in [-0.2, -0.15) is 0 Å². The molecule has 1 fully saturated rings. The lowest BCUT2D eigenvalue weighted by Crippen LogP contribution is -2.41. The summed E-state index contributed by atoms with van der Waals surface area (Å²) in [6, 6.07) is 0.268. The van der Waals surface area contributed by atoms with Gasteiger partial charge in [-0.15, -0.1) is 12.4 Å². The smallest absolute Gasteiger partial charge is 0.223 e. The first-order valence-corrected chi connectivity index (χ1v) is 19.4. The molecule has 1 aliphatic rings. The maximum Gasteiger partial charge on any atom is 0.223 e. The predicted octanol–water partition coefficient (Wildman–Crippen LogP) is 10.8. The summed E-state index contributed by atoms with van der Waals surface area (Å²) in [6.07, 6.45) is 36.1. The molecule has 6 heteroatoms.